The predicted octanol–water partition coefficient (Wildman–Crippen LogP) is 4.06. The van der Waals surface area contributed by atoms with Gasteiger partial charge in [0.05, 0.1) is 0 Å². The van der Waals surface area contributed by atoms with Crippen molar-refractivity contribution in [1.29, 1.82) is 0 Å². The number of aryl methyl sites for hydroxylation is 1. The Morgan fingerprint density at radius 2 is 1.80 bits per heavy atom. The fraction of sp³-hybridized carbons (Fsp3) is 0.389. The SMILES string of the molecule is CCCCc1ccccc1CN(C)Cc1cccnc1. The van der Waals surface area contributed by atoms with Crippen LogP contribution < -0.4 is 0 Å². The third-order valence-corrected chi connectivity index (χ3v) is 3.53. The van der Waals surface area contributed by atoms with E-state index in [2.05, 4.69) is 54.2 Å². The summed E-state index contributed by atoms with van der Waals surface area (Å²) in [5.74, 6) is 0. The Balaban J connectivity index is 1.98. The third-order valence-electron chi connectivity index (χ3n) is 3.53. The van der Waals surface area contributed by atoms with Crippen molar-refractivity contribution in [2.24, 2.45) is 0 Å². The van der Waals surface area contributed by atoms with Crippen molar-refractivity contribution in [3.63, 3.8) is 0 Å². The number of hydrogen-bond donors (Lipinski definition) is 0. The largest absolute Gasteiger partial charge is 0.298 e. The summed E-state index contributed by atoms with van der Waals surface area (Å²) in [4.78, 5) is 6.53. The first kappa shape index (κ1) is 14.7. The van der Waals surface area contributed by atoms with Gasteiger partial charge in [-0.1, -0.05) is 43.7 Å². The quantitative estimate of drug-likeness (QED) is 0.753. The molecule has 0 saturated heterocycles. The lowest BCUT2D eigenvalue weighted by molar-refractivity contribution is 0.317. The normalized spacial score (nSPS) is 10.9. The molecule has 0 aliphatic heterocycles. The summed E-state index contributed by atoms with van der Waals surface area (Å²) in [6.45, 7) is 4.18. The molecule has 1 heterocycles. The first-order chi connectivity index (χ1) is 9.79. The standard InChI is InChI=1S/C18H24N2/c1-3-4-9-17-10-5-6-11-18(17)15-20(2)14-16-8-7-12-19-13-16/h5-8,10-13H,3-4,9,14-15H2,1-2H3. The second-order valence-electron chi connectivity index (χ2n) is 5.41. The van der Waals surface area contributed by atoms with Crippen LogP contribution in [0.2, 0.25) is 0 Å². The van der Waals surface area contributed by atoms with Gasteiger partial charge in [0.2, 0.25) is 0 Å². The van der Waals surface area contributed by atoms with E-state index >= 15 is 0 Å². The Morgan fingerprint density at radius 1 is 1.00 bits per heavy atom. The Bertz CT molecular complexity index is 508. The molecule has 0 aliphatic rings. The fourth-order valence-corrected chi connectivity index (χ4v) is 2.47. The van der Waals surface area contributed by atoms with E-state index in [-0.39, 0.29) is 0 Å². The zero-order chi connectivity index (χ0) is 14.2. The smallest absolute Gasteiger partial charge is 0.0312 e. The molecule has 1 aromatic carbocycles. The van der Waals surface area contributed by atoms with E-state index in [1.54, 1.807) is 0 Å². The van der Waals surface area contributed by atoms with Crippen LogP contribution in [0, 0.1) is 0 Å². The lowest BCUT2D eigenvalue weighted by Gasteiger charge is -2.19. The van der Waals surface area contributed by atoms with Crippen molar-refractivity contribution in [2.75, 3.05) is 7.05 Å². The van der Waals surface area contributed by atoms with Gasteiger partial charge in [-0.25, -0.2) is 0 Å². The Labute approximate surface area is 122 Å². The van der Waals surface area contributed by atoms with Crippen molar-refractivity contribution >= 4 is 0 Å². The van der Waals surface area contributed by atoms with Crippen molar-refractivity contribution in [3.8, 4) is 0 Å². The molecule has 106 valence electrons. The molecule has 0 aliphatic carbocycles. The molecule has 0 unspecified atom stereocenters. The van der Waals surface area contributed by atoms with Gasteiger partial charge >= 0.3 is 0 Å². The van der Waals surface area contributed by atoms with E-state index in [0.29, 0.717) is 0 Å². The lowest BCUT2D eigenvalue weighted by atomic mass is 10.0. The summed E-state index contributed by atoms with van der Waals surface area (Å²) < 4.78 is 0. The van der Waals surface area contributed by atoms with Gasteiger partial charge in [-0.15, -0.1) is 0 Å². The van der Waals surface area contributed by atoms with Crippen LogP contribution in [0.3, 0.4) is 0 Å². The minimum Gasteiger partial charge on any atom is -0.298 e. The first-order valence-corrected chi connectivity index (χ1v) is 7.44. The molecular weight excluding hydrogens is 244 g/mol. The zero-order valence-electron chi connectivity index (χ0n) is 12.5. The summed E-state index contributed by atoms with van der Waals surface area (Å²) in [7, 11) is 2.17. The molecule has 0 spiro atoms. The maximum Gasteiger partial charge on any atom is 0.0312 e. The molecule has 2 heteroatoms. The van der Waals surface area contributed by atoms with E-state index in [0.717, 1.165) is 13.1 Å². The molecule has 0 saturated carbocycles. The van der Waals surface area contributed by atoms with Crippen LogP contribution >= 0.6 is 0 Å². The molecule has 0 fully saturated rings. The average Bonchev–Trinajstić information content (AvgIpc) is 2.47. The van der Waals surface area contributed by atoms with Gasteiger partial charge in [0.1, 0.15) is 0 Å². The molecule has 0 atom stereocenters. The molecule has 0 bridgehead atoms. The van der Waals surface area contributed by atoms with E-state index < -0.39 is 0 Å². The zero-order valence-corrected chi connectivity index (χ0v) is 12.5. The number of pyridine rings is 1. The highest BCUT2D eigenvalue weighted by molar-refractivity contribution is 5.27. The highest BCUT2D eigenvalue weighted by Gasteiger charge is 2.06. The van der Waals surface area contributed by atoms with E-state index in [1.807, 2.05) is 18.5 Å². The molecule has 20 heavy (non-hydrogen) atoms. The monoisotopic (exact) mass is 268 g/mol. The van der Waals surface area contributed by atoms with Gasteiger partial charge in [-0.2, -0.15) is 0 Å². The van der Waals surface area contributed by atoms with Crippen LogP contribution in [0.25, 0.3) is 0 Å². The van der Waals surface area contributed by atoms with Crippen molar-refractivity contribution in [1.82, 2.24) is 9.88 Å². The number of rotatable bonds is 7. The van der Waals surface area contributed by atoms with Gasteiger partial charge in [0, 0.05) is 25.5 Å². The molecule has 0 amide bonds. The van der Waals surface area contributed by atoms with Gasteiger partial charge in [0.25, 0.3) is 0 Å². The fourth-order valence-electron chi connectivity index (χ4n) is 2.47. The summed E-state index contributed by atoms with van der Waals surface area (Å²) in [5.41, 5.74) is 4.21. The van der Waals surface area contributed by atoms with Gasteiger partial charge in [-0.3, -0.25) is 9.88 Å². The van der Waals surface area contributed by atoms with E-state index in [4.69, 9.17) is 0 Å². The second-order valence-corrected chi connectivity index (χ2v) is 5.41. The highest BCUT2D eigenvalue weighted by Crippen LogP contribution is 2.15. The van der Waals surface area contributed by atoms with Crippen LogP contribution in [-0.2, 0) is 19.5 Å². The molecule has 2 aromatic rings. The molecule has 0 radical (unpaired) electrons. The van der Waals surface area contributed by atoms with Gasteiger partial charge in [0.15, 0.2) is 0 Å². The van der Waals surface area contributed by atoms with Crippen molar-refractivity contribution in [3.05, 3.63) is 65.5 Å². The first-order valence-electron chi connectivity index (χ1n) is 7.44. The summed E-state index contributed by atoms with van der Waals surface area (Å²) in [5, 5.41) is 0. The van der Waals surface area contributed by atoms with Crippen LogP contribution in [0.5, 0.6) is 0 Å². The van der Waals surface area contributed by atoms with Crippen molar-refractivity contribution in [2.45, 2.75) is 39.3 Å². The summed E-state index contributed by atoms with van der Waals surface area (Å²) in [6.07, 6.45) is 7.47. The average molecular weight is 268 g/mol. The predicted molar refractivity (Wildman–Crippen MR) is 84.5 cm³/mol. The summed E-state index contributed by atoms with van der Waals surface area (Å²) >= 11 is 0. The number of benzene rings is 1. The van der Waals surface area contributed by atoms with Crippen LogP contribution in [-0.4, -0.2) is 16.9 Å². The number of hydrogen-bond acceptors (Lipinski definition) is 2. The Kier molecular flexibility index (Phi) is 5.75. The lowest BCUT2D eigenvalue weighted by Crippen LogP contribution is -2.18. The molecule has 2 nitrogen and oxygen atoms in total. The van der Waals surface area contributed by atoms with E-state index in [9.17, 15) is 0 Å². The third kappa shape index (κ3) is 4.46. The molecule has 0 N–H and O–H groups in total. The maximum atomic E-state index is 4.18. The maximum absolute atomic E-state index is 4.18. The number of aromatic nitrogens is 1. The van der Waals surface area contributed by atoms with Crippen LogP contribution in [0.1, 0.15) is 36.5 Å². The van der Waals surface area contributed by atoms with Gasteiger partial charge in [-0.05, 0) is 42.6 Å². The highest BCUT2D eigenvalue weighted by atomic mass is 15.1. The minimum absolute atomic E-state index is 0.940. The number of nitrogens with zero attached hydrogens (tertiary/aromatic N) is 2. The molecule has 1 aromatic heterocycles. The molecule has 2 rings (SSSR count). The van der Waals surface area contributed by atoms with Crippen LogP contribution in [0.15, 0.2) is 48.8 Å². The van der Waals surface area contributed by atoms with E-state index in [1.165, 1.54) is 36.0 Å². The minimum atomic E-state index is 0.940. The summed E-state index contributed by atoms with van der Waals surface area (Å²) in [6, 6.07) is 12.9. The number of unbranched alkanes of at least 4 members (excludes halogenated alkanes) is 1. The van der Waals surface area contributed by atoms with Crippen LogP contribution in [0.4, 0.5) is 0 Å². The van der Waals surface area contributed by atoms with Crippen molar-refractivity contribution < 1.29 is 0 Å². The van der Waals surface area contributed by atoms with Gasteiger partial charge < -0.3 is 0 Å². The topological polar surface area (TPSA) is 16.1 Å². The molecular formula is C18H24N2. The Morgan fingerprint density at radius 3 is 2.50 bits per heavy atom. The second kappa shape index (κ2) is 7.81. The Hall–Kier alpha value is -1.67.